The minimum atomic E-state index is -4.75. The molecule has 3 rings (SSSR count). The second kappa shape index (κ2) is 6.52. The second-order valence-electron chi connectivity index (χ2n) is 5.30. The number of hydrogen-bond donors (Lipinski definition) is 0. The van der Waals surface area contributed by atoms with Crippen LogP contribution in [0, 0.1) is 5.82 Å². The van der Waals surface area contributed by atoms with Gasteiger partial charge in [-0.25, -0.2) is 8.60 Å². The number of benzene rings is 2. The fraction of sp³-hybridized carbons (Fsp3) is 0.125. The molecule has 5 nitrogen and oxygen atoms in total. The Labute approximate surface area is 145 Å². The van der Waals surface area contributed by atoms with Gasteiger partial charge in [-0.3, -0.25) is 0 Å². The van der Waals surface area contributed by atoms with Crippen molar-refractivity contribution in [2.24, 2.45) is 4.36 Å². The van der Waals surface area contributed by atoms with E-state index in [2.05, 4.69) is 19.0 Å². The van der Waals surface area contributed by atoms with Crippen molar-refractivity contribution in [1.29, 1.82) is 0 Å². The summed E-state index contributed by atoms with van der Waals surface area (Å²) in [6.07, 6.45) is -3.48. The zero-order valence-electron chi connectivity index (χ0n) is 13.2. The first-order valence-corrected chi connectivity index (χ1v) is 9.07. The maximum atomic E-state index is 13.9. The lowest BCUT2D eigenvalue weighted by molar-refractivity contribution is -0.159. The van der Waals surface area contributed by atoms with Gasteiger partial charge in [-0.2, -0.15) is 22.5 Å². The van der Waals surface area contributed by atoms with Crippen molar-refractivity contribution in [2.75, 3.05) is 6.26 Å². The van der Waals surface area contributed by atoms with Gasteiger partial charge >= 0.3 is 12.1 Å². The summed E-state index contributed by atoms with van der Waals surface area (Å²) in [5, 5.41) is 3.28. The molecule has 0 amide bonds. The highest BCUT2D eigenvalue weighted by molar-refractivity contribution is 7.93. The molecule has 1 atom stereocenters. The van der Waals surface area contributed by atoms with Gasteiger partial charge in [0.15, 0.2) is 0 Å². The normalized spacial score (nSPS) is 14.0. The van der Waals surface area contributed by atoms with E-state index in [1.165, 1.54) is 54.8 Å². The van der Waals surface area contributed by atoms with E-state index in [9.17, 15) is 21.8 Å². The van der Waals surface area contributed by atoms with Crippen LogP contribution in [-0.2, 0) is 15.9 Å². The van der Waals surface area contributed by atoms with Crippen LogP contribution in [0.25, 0.3) is 11.4 Å². The van der Waals surface area contributed by atoms with Crippen LogP contribution in [0.1, 0.15) is 5.89 Å². The van der Waals surface area contributed by atoms with E-state index in [4.69, 9.17) is 0 Å². The van der Waals surface area contributed by atoms with Crippen LogP contribution in [0.15, 0.2) is 62.3 Å². The van der Waals surface area contributed by atoms with Gasteiger partial charge in [-0.1, -0.05) is 29.4 Å². The average molecular weight is 385 g/mol. The van der Waals surface area contributed by atoms with Gasteiger partial charge < -0.3 is 4.52 Å². The van der Waals surface area contributed by atoms with Crippen LogP contribution < -0.4 is 0 Å². The highest BCUT2D eigenvalue weighted by atomic mass is 32.2. The first kappa shape index (κ1) is 18.1. The Morgan fingerprint density at radius 1 is 1.12 bits per heavy atom. The third-order valence-corrected chi connectivity index (χ3v) is 5.00. The van der Waals surface area contributed by atoms with Gasteiger partial charge in [0.25, 0.3) is 0 Å². The van der Waals surface area contributed by atoms with E-state index in [0.29, 0.717) is 0 Å². The van der Waals surface area contributed by atoms with E-state index < -0.39 is 27.6 Å². The van der Waals surface area contributed by atoms with Crippen LogP contribution >= 0.6 is 0 Å². The van der Waals surface area contributed by atoms with Gasteiger partial charge in [0.05, 0.1) is 20.3 Å². The minimum absolute atomic E-state index is 0.0654. The summed E-state index contributed by atoms with van der Waals surface area (Å²) >= 11 is 0. The summed E-state index contributed by atoms with van der Waals surface area (Å²) in [7, 11) is -3.11. The summed E-state index contributed by atoms with van der Waals surface area (Å²) < 4.78 is 72.5. The molecular formula is C16H11F4N3O2S. The molecule has 0 spiro atoms. The molecule has 26 heavy (non-hydrogen) atoms. The van der Waals surface area contributed by atoms with Crippen molar-refractivity contribution < 1.29 is 26.3 Å². The first-order valence-electron chi connectivity index (χ1n) is 7.15. The maximum Gasteiger partial charge on any atom is 0.471 e. The fourth-order valence-corrected chi connectivity index (χ4v) is 3.53. The van der Waals surface area contributed by atoms with E-state index in [0.717, 1.165) is 0 Å². The lowest BCUT2D eigenvalue weighted by Crippen LogP contribution is -2.04. The molecule has 10 heteroatoms. The molecule has 0 aliphatic heterocycles. The maximum absolute atomic E-state index is 13.9. The minimum Gasteiger partial charge on any atom is -0.329 e. The van der Waals surface area contributed by atoms with Crippen molar-refractivity contribution in [3.05, 3.63) is 60.2 Å². The van der Waals surface area contributed by atoms with Crippen LogP contribution in [0.4, 0.5) is 23.2 Å². The summed E-state index contributed by atoms with van der Waals surface area (Å²) in [5.41, 5.74) is 0.367. The summed E-state index contributed by atoms with van der Waals surface area (Å²) in [5.74, 6) is -2.42. The van der Waals surface area contributed by atoms with Gasteiger partial charge in [0.2, 0.25) is 5.82 Å². The molecule has 0 saturated carbocycles. The third-order valence-electron chi connectivity index (χ3n) is 3.30. The molecule has 0 bridgehead atoms. The Hall–Kier alpha value is -2.75. The van der Waals surface area contributed by atoms with Crippen molar-refractivity contribution >= 4 is 15.4 Å². The number of rotatable bonds is 3. The molecule has 0 aliphatic rings. The summed E-state index contributed by atoms with van der Waals surface area (Å²) in [6, 6.07) is 11.3. The molecule has 1 aromatic heterocycles. The largest absolute Gasteiger partial charge is 0.471 e. The molecule has 3 aromatic rings. The van der Waals surface area contributed by atoms with E-state index >= 15 is 0 Å². The standard InChI is InChI=1S/C16H11F4N3O2S/c1-26(24,13-8-3-2-7-12(13)17)23-11-6-4-5-10(9-11)14-21-15(25-22-14)16(18,19)20/h2-9H,1H3. The van der Waals surface area contributed by atoms with E-state index in [1.54, 1.807) is 0 Å². The van der Waals surface area contributed by atoms with Gasteiger partial charge in [-0.05, 0) is 24.3 Å². The quantitative estimate of drug-likeness (QED) is 0.614. The van der Waals surface area contributed by atoms with Crippen molar-refractivity contribution in [2.45, 2.75) is 11.1 Å². The van der Waals surface area contributed by atoms with Gasteiger partial charge in [-0.15, -0.1) is 0 Å². The van der Waals surface area contributed by atoms with Crippen molar-refractivity contribution in [3.63, 3.8) is 0 Å². The van der Waals surface area contributed by atoms with Crippen LogP contribution in [0.5, 0.6) is 0 Å². The molecule has 0 saturated heterocycles. The number of hydrogen-bond acceptors (Lipinski definition) is 5. The summed E-state index contributed by atoms with van der Waals surface area (Å²) in [6.45, 7) is 0. The Morgan fingerprint density at radius 3 is 2.50 bits per heavy atom. The second-order valence-corrected chi connectivity index (χ2v) is 7.52. The molecule has 1 heterocycles. The molecule has 0 N–H and O–H groups in total. The highest BCUT2D eigenvalue weighted by Crippen LogP contribution is 2.30. The lowest BCUT2D eigenvalue weighted by Gasteiger charge is -2.06. The number of nitrogens with zero attached hydrogens (tertiary/aromatic N) is 3. The highest BCUT2D eigenvalue weighted by Gasteiger charge is 2.38. The Balaban J connectivity index is 2.01. The smallest absolute Gasteiger partial charge is 0.329 e. The lowest BCUT2D eigenvalue weighted by atomic mass is 10.2. The molecule has 2 aromatic carbocycles. The Kier molecular flexibility index (Phi) is 4.53. The predicted octanol–water partition coefficient (Wildman–Crippen LogP) is 4.68. The van der Waals surface area contributed by atoms with Crippen molar-refractivity contribution in [3.8, 4) is 11.4 Å². The molecule has 1 unspecified atom stereocenters. The predicted molar refractivity (Wildman–Crippen MR) is 85.6 cm³/mol. The molecule has 0 radical (unpaired) electrons. The zero-order chi connectivity index (χ0) is 18.9. The fourth-order valence-electron chi connectivity index (χ4n) is 2.16. The molecule has 136 valence electrons. The molecule has 0 fully saturated rings. The number of aromatic nitrogens is 2. The third kappa shape index (κ3) is 3.74. The summed E-state index contributed by atoms with van der Waals surface area (Å²) in [4.78, 5) is 3.22. The van der Waals surface area contributed by atoms with E-state index in [-0.39, 0.29) is 22.0 Å². The topological polar surface area (TPSA) is 68.3 Å². The van der Waals surface area contributed by atoms with Crippen LogP contribution in [0.2, 0.25) is 0 Å². The average Bonchev–Trinajstić information content (AvgIpc) is 3.05. The Morgan fingerprint density at radius 2 is 1.85 bits per heavy atom. The van der Waals surface area contributed by atoms with Crippen LogP contribution in [-0.4, -0.2) is 20.6 Å². The SMILES string of the molecule is CS(=O)(=Nc1cccc(-c2noc(C(F)(F)F)n2)c1)c1ccccc1F. The van der Waals surface area contributed by atoms with Crippen molar-refractivity contribution in [1.82, 2.24) is 10.1 Å². The van der Waals surface area contributed by atoms with Gasteiger partial charge in [0.1, 0.15) is 5.82 Å². The number of alkyl halides is 3. The van der Waals surface area contributed by atoms with Gasteiger partial charge in [0, 0.05) is 11.8 Å². The number of halogens is 4. The zero-order valence-corrected chi connectivity index (χ0v) is 14.0. The molecule has 0 aliphatic carbocycles. The monoisotopic (exact) mass is 385 g/mol. The molecular weight excluding hydrogens is 374 g/mol. The first-order chi connectivity index (χ1) is 12.2. The van der Waals surface area contributed by atoms with E-state index in [1.807, 2.05) is 0 Å². The van der Waals surface area contributed by atoms with Crippen LogP contribution in [0.3, 0.4) is 0 Å². The Bertz CT molecular complexity index is 1070.